The summed E-state index contributed by atoms with van der Waals surface area (Å²) in [5.41, 5.74) is -0.567. The Morgan fingerprint density at radius 1 is 1.12 bits per heavy atom. The number of aliphatic hydroxyl groups is 1. The lowest BCUT2D eigenvalue weighted by molar-refractivity contribution is -0.130. The number of carbonyl (C=O) groups excluding carboxylic acids is 1. The molecule has 1 atom stereocenters. The Labute approximate surface area is 165 Å². The maximum Gasteiger partial charge on any atom is 0.225 e. The summed E-state index contributed by atoms with van der Waals surface area (Å²) in [5.74, 6) is 0.0764. The van der Waals surface area contributed by atoms with E-state index in [9.17, 15) is 14.8 Å². The van der Waals surface area contributed by atoms with Crippen molar-refractivity contribution in [1.29, 1.82) is 0 Å². The van der Waals surface area contributed by atoms with Crippen molar-refractivity contribution in [2.24, 2.45) is 10.8 Å². The van der Waals surface area contributed by atoms with E-state index in [0.717, 1.165) is 38.5 Å². The molecule has 1 amide bonds. The van der Waals surface area contributed by atoms with Crippen LogP contribution in [0, 0.1) is 10.8 Å². The highest BCUT2D eigenvalue weighted by atomic mass is 32.5. The molecular weight excluding hydrogens is 369 g/mol. The number of amides is 1. The van der Waals surface area contributed by atoms with E-state index in [0.29, 0.717) is 13.2 Å². The molecule has 0 rings (SSSR count). The van der Waals surface area contributed by atoms with Gasteiger partial charge in [0, 0.05) is 24.2 Å². The Balaban J connectivity index is 3.87. The molecule has 0 heterocycles. The first kappa shape index (κ1) is 26.0. The molecular formula is C19H40NO4PS. The molecule has 0 fully saturated rings. The first-order chi connectivity index (χ1) is 11.8. The molecule has 0 aliphatic carbocycles. The summed E-state index contributed by atoms with van der Waals surface area (Å²) < 4.78 is 5.44. The van der Waals surface area contributed by atoms with E-state index in [1.54, 1.807) is 0 Å². The lowest BCUT2D eigenvalue weighted by Crippen LogP contribution is -2.38. The second kappa shape index (κ2) is 11.8. The molecule has 0 radical (unpaired) electrons. The molecule has 0 aromatic rings. The maximum atomic E-state index is 12.4. The van der Waals surface area contributed by atoms with Crippen molar-refractivity contribution in [3.63, 3.8) is 0 Å². The third-order valence-corrected chi connectivity index (χ3v) is 8.19. The van der Waals surface area contributed by atoms with E-state index < -0.39 is 11.9 Å². The molecule has 0 aliphatic heterocycles. The summed E-state index contributed by atoms with van der Waals surface area (Å²) in [4.78, 5) is 22.3. The standard InChI is InChI=1S/C19H40NO4PS/c1-16(2)25(23,26)24-14-10-8-7-9-13-20-17(22)19(5,6)12-11-18(3,4)15-21/h16,21H,7-15H2,1-6H3,(H,20,22)(H,23,26). The van der Waals surface area contributed by atoms with Crippen LogP contribution < -0.4 is 5.32 Å². The molecule has 5 nitrogen and oxygen atoms in total. The Morgan fingerprint density at radius 2 is 1.69 bits per heavy atom. The molecule has 7 heteroatoms. The number of hydrogen-bond acceptors (Lipinski definition) is 4. The highest BCUT2D eigenvalue weighted by molar-refractivity contribution is 8.09. The molecule has 3 N–H and O–H groups in total. The number of hydrogen-bond donors (Lipinski definition) is 3. The molecule has 0 aromatic heterocycles. The average molecular weight is 410 g/mol. The van der Waals surface area contributed by atoms with Gasteiger partial charge in [-0.15, -0.1) is 0 Å². The quantitative estimate of drug-likeness (QED) is 0.296. The van der Waals surface area contributed by atoms with Gasteiger partial charge in [0.2, 0.25) is 5.91 Å². The fraction of sp³-hybridized carbons (Fsp3) is 0.947. The Hall–Kier alpha value is -0.0000000000000000763. The van der Waals surface area contributed by atoms with Crippen LogP contribution in [0.15, 0.2) is 0 Å². The zero-order chi connectivity index (χ0) is 20.4. The number of nitrogens with one attached hydrogen (secondary N) is 1. The van der Waals surface area contributed by atoms with E-state index in [1.807, 2.05) is 41.5 Å². The van der Waals surface area contributed by atoms with Crippen molar-refractivity contribution in [1.82, 2.24) is 5.32 Å². The molecule has 1 unspecified atom stereocenters. The van der Waals surface area contributed by atoms with Gasteiger partial charge in [0.1, 0.15) is 0 Å². The fourth-order valence-corrected chi connectivity index (χ4v) is 3.12. The third-order valence-electron chi connectivity index (χ3n) is 4.76. The molecule has 0 spiro atoms. The van der Waals surface area contributed by atoms with Gasteiger partial charge >= 0.3 is 0 Å². The van der Waals surface area contributed by atoms with Crippen molar-refractivity contribution in [2.75, 3.05) is 19.8 Å². The summed E-state index contributed by atoms with van der Waals surface area (Å²) in [7, 11) is 0. The minimum atomic E-state index is -2.62. The lowest BCUT2D eigenvalue weighted by Gasteiger charge is -2.29. The van der Waals surface area contributed by atoms with E-state index in [4.69, 9.17) is 16.3 Å². The van der Waals surface area contributed by atoms with Gasteiger partial charge in [-0.25, -0.2) is 0 Å². The van der Waals surface area contributed by atoms with E-state index >= 15 is 0 Å². The normalized spacial score (nSPS) is 15.1. The predicted molar refractivity (Wildman–Crippen MR) is 113 cm³/mol. The molecule has 0 aromatic carbocycles. The van der Waals surface area contributed by atoms with Crippen LogP contribution in [-0.2, 0) is 21.1 Å². The minimum Gasteiger partial charge on any atom is -0.396 e. The van der Waals surface area contributed by atoms with Gasteiger partial charge < -0.3 is 19.8 Å². The molecule has 0 bridgehead atoms. The van der Waals surface area contributed by atoms with Crippen LogP contribution >= 0.6 is 6.49 Å². The average Bonchev–Trinajstić information content (AvgIpc) is 2.55. The Bertz CT molecular complexity index is 466. The zero-order valence-electron chi connectivity index (χ0n) is 17.5. The summed E-state index contributed by atoms with van der Waals surface area (Å²) >= 11 is 5.09. The first-order valence-electron chi connectivity index (χ1n) is 9.70. The van der Waals surface area contributed by atoms with Crippen LogP contribution in [0.2, 0.25) is 0 Å². The monoisotopic (exact) mass is 409 g/mol. The van der Waals surface area contributed by atoms with E-state index in [1.165, 1.54) is 0 Å². The molecule has 0 aliphatic rings. The smallest absolute Gasteiger partial charge is 0.225 e. The summed E-state index contributed by atoms with van der Waals surface area (Å²) in [5, 5.41) is 12.4. The van der Waals surface area contributed by atoms with Gasteiger partial charge in [0.15, 0.2) is 6.49 Å². The van der Waals surface area contributed by atoms with Crippen molar-refractivity contribution in [2.45, 2.75) is 85.7 Å². The van der Waals surface area contributed by atoms with Crippen molar-refractivity contribution < 1.29 is 19.3 Å². The third kappa shape index (κ3) is 11.0. The molecule has 26 heavy (non-hydrogen) atoms. The number of carbonyl (C=O) groups is 1. The van der Waals surface area contributed by atoms with Crippen molar-refractivity contribution in [3.05, 3.63) is 0 Å². The maximum absolute atomic E-state index is 12.4. The Kier molecular flexibility index (Phi) is 11.8. The summed E-state index contributed by atoms with van der Waals surface area (Å²) in [6, 6.07) is 0. The van der Waals surface area contributed by atoms with Gasteiger partial charge in [0.05, 0.1) is 6.61 Å². The number of rotatable bonds is 14. The molecule has 156 valence electrons. The minimum absolute atomic E-state index is 0.000908. The highest BCUT2D eigenvalue weighted by Gasteiger charge is 2.30. The zero-order valence-corrected chi connectivity index (χ0v) is 19.2. The lowest BCUT2D eigenvalue weighted by atomic mass is 9.79. The fourth-order valence-electron chi connectivity index (χ4n) is 2.21. The van der Waals surface area contributed by atoms with Gasteiger partial charge in [-0.1, -0.05) is 54.4 Å². The van der Waals surface area contributed by atoms with Crippen molar-refractivity contribution >= 4 is 24.2 Å². The van der Waals surface area contributed by atoms with Crippen LogP contribution in [-0.4, -0.2) is 41.3 Å². The van der Waals surface area contributed by atoms with Gasteiger partial charge in [-0.2, -0.15) is 0 Å². The van der Waals surface area contributed by atoms with Crippen molar-refractivity contribution in [3.8, 4) is 0 Å². The number of aliphatic hydroxyl groups excluding tert-OH is 1. The summed E-state index contributed by atoms with van der Waals surface area (Å²) in [6.07, 6.45) is 5.39. The largest absolute Gasteiger partial charge is 0.396 e. The molecule has 0 saturated heterocycles. The second-order valence-electron chi connectivity index (χ2n) is 8.87. The SMILES string of the molecule is CC(C)P(O)(=S)OCCCCCCNC(=O)C(C)(C)CCC(C)(C)CO. The highest BCUT2D eigenvalue weighted by Crippen LogP contribution is 2.47. The number of unbranched alkanes of at least 4 members (excludes halogenated alkanes) is 3. The summed E-state index contributed by atoms with van der Waals surface area (Å²) in [6.45, 7) is 10.4. The van der Waals surface area contributed by atoms with Crippen LogP contribution in [0.25, 0.3) is 0 Å². The van der Waals surface area contributed by atoms with Crippen LogP contribution in [0.3, 0.4) is 0 Å². The topological polar surface area (TPSA) is 78.8 Å². The van der Waals surface area contributed by atoms with Gasteiger partial charge in [0.25, 0.3) is 0 Å². The van der Waals surface area contributed by atoms with Crippen LogP contribution in [0.1, 0.15) is 80.1 Å². The van der Waals surface area contributed by atoms with E-state index in [-0.39, 0.29) is 23.6 Å². The van der Waals surface area contributed by atoms with Gasteiger partial charge in [-0.3, -0.25) is 4.79 Å². The van der Waals surface area contributed by atoms with E-state index in [2.05, 4.69) is 5.32 Å². The van der Waals surface area contributed by atoms with Crippen LogP contribution in [0.4, 0.5) is 0 Å². The Morgan fingerprint density at radius 3 is 2.23 bits per heavy atom. The first-order valence-corrected chi connectivity index (χ1v) is 12.4. The van der Waals surface area contributed by atoms with Crippen LogP contribution in [0.5, 0.6) is 0 Å². The van der Waals surface area contributed by atoms with Gasteiger partial charge in [-0.05, 0) is 42.9 Å². The predicted octanol–water partition coefficient (Wildman–Crippen LogP) is 4.21. The second-order valence-corrected chi connectivity index (χ2v) is 12.9. The molecule has 0 saturated carbocycles.